The van der Waals surface area contributed by atoms with Crippen LogP contribution in [-0.4, -0.2) is 36.9 Å². The van der Waals surface area contributed by atoms with E-state index in [1.165, 1.54) is 18.4 Å². The Morgan fingerprint density at radius 3 is 2.96 bits per heavy atom. The van der Waals surface area contributed by atoms with Crippen molar-refractivity contribution in [1.82, 2.24) is 4.90 Å². The summed E-state index contributed by atoms with van der Waals surface area (Å²) in [5.41, 5.74) is 1.98. The summed E-state index contributed by atoms with van der Waals surface area (Å²) in [6.07, 6.45) is 8.28. The molecule has 6 heteroatoms. The van der Waals surface area contributed by atoms with Crippen LogP contribution >= 0.6 is 11.6 Å². The van der Waals surface area contributed by atoms with Gasteiger partial charge in [0.2, 0.25) is 11.8 Å². The number of allylic oxidation sites excluding steroid dienone is 1. The van der Waals surface area contributed by atoms with Crippen molar-refractivity contribution in [3.8, 4) is 5.75 Å². The van der Waals surface area contributed by atoms with E-state index < -0.39 is 0 Å². The smallest absolute Gasteiger partial charge is 0.229 e. The van der Waals surface area contributed by atoms with Gasteiger partial charge < -0.3 is 15.0 Å². The van der Waals surface area contributed by atoms with Gasteiger partial charge in [-0.25, -0.2) is 0 Å². The van der Waals surface area contributed by atoms with Crippen LogP contribution in [0.5, 0.6) is 5.75 Å². The molecule has 26 heavy (non-hydrogen) atoms. The number of anilines is 1. The number of nitrogens with zero attached hydrogens (tertiary/aromatic N) is 1. The van der Waals surface area contributed by atoms with E-state index >= 15 is 0 Å². The highest BCUT2D eigenvalue weighted by molar-refractivity contribution is 6.31. The van der Waals surface area contributed by atoms with Crippen LogP contribution in [0.25, 0.3) is 0 Å². The number of ether oxygens (including phenoxy) is 1. The van der Waals surface area contributed by atoms with E-state index in [-0.39, 0.29) is 24.2 Å². The molecule has 0 aromatic heterocycles. The van der Waals surface area contributed by atoms with E-state index in [1.54, 1.807) is 25.3 Å². The largest absolute Gasteiger partial charge is 0.495 e. The lowest BCUT2D eigenvalue weighted by Gasteiger charge is -2.19. The molecule has 2 amide bonds. The molecule has 1 N–H and O–H groups in total. The summed E-state index contributed by atoms with van der Waals surface area (Å²) in [4.78, 5) is 26.7. The first-order chi connectivity index (χ1) is 12.6. The molecule has 1 aliphatic heterocycles. The van der Waals surface area contributed by atoms with Gasteiger partial charge in [-0.15, -0.1) is 0 Å². The number of carbonyl (C=O) groups excluding carboxylic acids is 2. The van der Waals surface area contributed by atoms with Crippen LogP contribution in [0.2, 0.25) is 5.02 Å². The number of carbonyl (C=O) groups is 2. The second-order valence-electron chi connectivity index (χ2n) is 6.93. The molecule has 1 unspecified atom stereocenters. The minimum absolute atomic E-state index is 0.0552. The average molecular weight is 377 g/mol. The van der Waals surface area contributed by atoms with Crippen LogP contribution < -0.4 is 10.1 Å². The van der Waals surface area contributed by atoms with Crippen LogP contribution in [-0.2, 0) is 9.59 Å². The number of benzene rings is 1. The van der Waals surface area contributed by atoms with Gasteiger partial charge in [-0.1, -0.05) is 23.3 Å². The van der Waals surface area contributed by atoms with Crippen molar-refractivity contribution in [2.45, 2.75) is 38.5 Å². The topological polar surface area (TPSA) is 58.6 Å². The molecule has 1 fully saturated rings. The second kappa shape index (κ2) is 8.58. The highest BCUT2D eigenvalue weighted by atomic mass is 35.5. The Bertz CT molecular complexity index is 717. The minimum atomic E-state index is -0.341. The number of methoxy groups -OCH3 is 1. The van der Waals surface area contributed by atoms with Crippen LogP contribution in [0.15, 0.2) is 29.8 Å². The highest BCUT2D eigenvalue weighted by Gasteiger charge is 2.34. The fourth-order valence-electron chi connectivity index (χ4n) is 3.59. The Morgan fingerprint density at radius 2 is 2.23 bits per heavy atom. The molecule has 0 saturated carbocycles. The summed E-state index contributed by atoms with van der Waals surface area (Å²) in [7, 11) is 1.54. The first kappa shape index (κ1) is 18.8. The van der Waals surface area contributed by atoms with Gasteiger partial charge in [0.25, 0.3) is 0 Å². The van der Waals surface area contributed by atoms with Gasteiger partial charge >= 0.3 is 0 Å². The zero-order valence-corrected chi connectivity index (χ0v) is 15.8. The predicted octanol–water partition coefficient (Wildman–Crippen LogP) is 4.03. The Labute approximate surface area is 159 Å². The summed E-state index contributed by atoms with van der Waals surface area (Å²) in [6, 6.07) is 5.07. The first-order valence-corrected chi connectivity index (χ1v) is 9.54. The summed E-state index contributed by atoms with van der Waals surface area (Å²) in [5.74, 6) is 0.0950. The monoisotopic (exact) mass is 376 g/mol. The third kappa shape index (κ3) is 4.58. The maximum Gasteiger partial charge on any atom is 0.229 e. The molecule has 0 radical (unpaired) electrons. The van der Waals surface area contributed by atoms with Crippen LogP contribution in [0.3, 0.4) is 0 Å². The molecule has 3 rings (SSSR count). The maximum absolute atomic E-state index is 12.6. The molecule has 1 saturated heterocycles. The number of hydrogen-bond acceptors (Lipinski definition) is 3. The number of amides is 2. The lowest BCUT2D eigenvalue weighted by molar-refractivity contribution is -0.128. The minimum Gasteiger partial charge on any atom is -0.495 e. The summed E-state index contributed by atoms with van der Waals surface area (Å²) < 4.78 is 5.25. The summed E-state index contributed by atoms with van der Waals surface area (Å²) in [5, 5.41) is 3.37. The molecule has 1 aromatic rings. The maximum atomic E-state index is 12.6. The molecule has 1 heterocycles. The molecule has 5 nitrogen and oxygen atoms in total. The van der Waals surface area contributed by atoms with Gasteiger partial charge in [-0.2, -0.15) is 0 Å². The molecule has 1 aliphatic carbocycles. The molecular formula is C20H25ClN2O3. The zero-order valence-electron chi connectivity index (χ0n) is 15.1. The van der Waals surface area contributed by atoms with Crippen molar-refractivity contribution in [1.29, 1.82) is 0 Å². The van der Waals surface area contributed by atoms with Gasteiger partial charge in [0.1, 0.15) is 5.75 Å². The fraction of sp³-hybridized carbons (Fsp3) is 0.500. The van der Waals surface area contributed by atoms with Crippen molar-refractivity contribution in [2.75, 3.05) is 25.5 Å². The molecule has 140 valence electrons. The van der Waals surface area contributed by atoms with Crippen LogP contribution in [0.4, 0.5) is 5.69 Å². The van der Waals surface area contributed by atoms with E-state index in [9.17, 15) is 9.59 Å². The molecule has 2 aliphatic rings. The van der Waals surface area contributed by atoms with Crippen molar-refractivity contribution < 1.29 is 14.3 Å². The quantitative estimate of drug-likeness (QED) is 0.762. The van der Waals surface area contributed by atoms with E-state index in [2.05, 4.69) is 11.4 Å². The second-order valence-corrected chi connectivity index (χ2v) is 7.37. The molecular weight excluding hydrogens is 352 g/mol. The number of hydrogen-bond donors (Lipinski definition) is 1. The van der Waals surface area contributed by atoms with Crippen LogP contribution in [0.1, 0.15) is 38.5 Å². The predicted molar refractivity (Wildman–Crippen MR) is 102 cm³/mol. The first-order valence-electron chi connectivity index (χ1n) is 9.17. The lowest BCUT2D eigenvalue weighted by atomic mass is 9.97. The molecule has 0 spiro atoms. The molecule has 1 aromatic carbocycles. The third-order valence-corrected chi connectivity index (χ3v) is 5.33. The SMILES string of the molecule is COc1ccc(Cl)cc1NC(=O)C1CC(=O)N(CCC2=CCCCC2)C1. The number of halogens is 1. The lowest BCUT2D eigenvalue weighted by Crippen LogP contribution is -2.29. The normalized spacial score (nSPS) is 20.1. The van der Waals surface area contributed by atoms with Gasteiger partial charge in [-0.3, -0.25) is 9.59 Å². The Balaban J connectivity index is 1.57. The molecule has 1 atom stereocenters. The number of rotatable bonds is 6. The van der Waals surface area contributed by atoms with Gasteiger partial charge in [0.15, 0.2) is 0 Å². The number of nitrogens with one attached hydrogen (secondary N) is 1. The third-order valence-electron chi connectivity index (χ3n) is 5.09. The highest BCUT2D eigenvalue weighted by Crippen LogP contribution is 2.29. The van der Waals surface area contributed by atoms with E-state index in [4.69, 9.17) is 16.3 Å². The summed E-state index contributed by atoms with van der Waals surface area (Å²) >= 11 is 6.00. The Kier molecular flexibility index (Phi) is 6.20. The summed E-state index contributed by atoms with van der Waals surface area (Å²) in [6.45, 7) is 1.18. The van der Waals surface area contributed by atoms with Crippen molar-refractivity contribution >= 4 is 29.1 Å². The van der Waals surface area contributed by atoms with E-state index in [0.717, 1.165) is 19.3 Å². The van der Waals surface area contributed by atoms with Crippen molar-refractivity contribution in [3.05, 3.63) is 34.9 Å². The molecule has 0 bridgehead atoms. The van der Waals surface area contributed by atoms with E-state index in [0.29, 0.717) is 29.5 Å². The van der Waals surface area contributed by atoms with E-state index in [1.807, 2.05) is 4.90 Å². The zero-order chi connectivity index (χ0) is 18.5. The van der Waals surface area contributed by atoms with Gasteiger partial charge in [0.05, 0.1) is 18.7 Å². The average Bonchev–Trinajstić information content (AvgIpc) is 3.02. The van der Waals surface area contributed by atoms with Crippen molar-refractivity contribution in [2.24, 2.45) is 5.92 Å². The standard InChI is InChI=1S/C20H25ClN2O3/c1-26-18-8-7-16(21)12-17(18)22-20(25)15-11-19(24)23(13-15)10-9-14-5-3-2-4-6-14/h5,7-8,12,15H,2-4,6,9-11,13H2,1H3,(H,22,25). The van der Waals surface area contributed by atoms with Gasteiger partial charge in [-0.05, 0) is 50.3 Å². The fourth-order valence-corrected chi connectivity index (χ4v) is 3.76. The van der Waals surface area contributed by atoms with Gasteiger partial charge in [0, 0.05) is 24.5 Å². The Morgan fingerprint density at radius 1 is 1.38 bits per heavy atom. The van der Waals surface area contributed by atoms with Crippen LogP contribution in [0, 0.1) is 5.92 Å². The van der Waals surface area contributed by atoms with Crippen molar-refractivity contribution in [3.63, 3.8) is 0 Å². The number of likely N-dealkylation sites (tertiary alicyclic amines) is 1. The Hall–Kier alpha value is -2.01.